The predicted octanol–water partition coefficient (Wildman–Crippen LogP) is 1.48. The number of aromatic nitrogens is 2. The number of nitrogens with one attached hydrogen (secondary N) is 2. The smallest absolute Gasteiger partial charge is 0.353 e. The molecule has 2 unspecified atom stereocenters. The number of aromatic carboxylic acids is 1. The number of carboxylic acid groups (broad SMARTS) is 1. The van der Waals surface area contributed by atoms with E-state index < -0.39 is 5.97 Å². The molecular formula is C12H15N3O3. The van der Waals surface area contributed by atoms with Crippen LogP contribution in [0.1, 0.15) is 36.2 Å². The standard InChI is InChI=1S/C12H15N3O3/c16-11(10-6-3-1-2-4-7(6)10)13-9-5-8(12(17)18)14-15-9/h5-7,10H,1-4H2,(H,17,18)(H2,13,14,15,16). The van der Waals surface area contributed by atoms with E-state index in [4.69, 9.17) is 5.11 Å². The van der Waals surface area contributed by atoms with E-state index in [1.807, 2.05) is 0 Å². The van der Waals surface area contributed by atoms with Crippen LogP contribution >= 0.6 is 0 Å². The van der Waals surface area contributed by atoms with Crippen LogP contribution in [-0.2, 0) is 4.79 Å². The first kappa shape index (κ1) is 11.3. The number of carboxylic acids is 1. The van der Waals surface area contributed by atoms with Gasteiger partial charge in [0.15, 0.2) is 5.82 Å². The average Bonchev–Trinajstić information content (AvgIpc) is 2.90. The van der Waals surface area contributed by atoms with Crippen LogP contribution in [0.2, 0.25) is 0 Å². The number of carbonyl (C=O) groups excluding carboxylic acids is 1. The number of rotatable bonds is 3. The summed E-state index contributed by atoms with van der Waals surface area (Å²) in [7, 11) is 0. The van der Waals surface area contributed by atoms with Crippen molar-refractivity contribution in [1.29, 1.82) is 0 Å². The van der Waals surface area contributed by atoms with Crippen LogP contribution in [0.3, 0.4) is 0 Å². The van der Waals surface area contributed by atoms with E-state index in [0.717, 1.165) is 12.8 Å². The molecule has 0 bridgehead atoms. The SMILES string of the molecule is O=C(O)c1cc(NC(=O)C2C3CCCCC32)n[nH]1. The molecule has 96 valence electrons. The summed E-state index contributed by atoms with van der Waals surface area (Å²) in [6.45, 7) is 0. The Morgan fingerprint density at radius 2 is 2.00 bits per heavy atom. The first-order valence-electron chi connectivity index (χ1n) is 6.26. The van der Waals surface area contributed by atoms with Gasteiger partial charge in [0.2, 0.25) is 5.91 Å². The van der Waals surface area contributed by atoms with E-state index in [0.29, 0.717) is 17.7 Å². The summed E-state index contributed by atoms with van der Waals surface area (Å²) in [6.07, 6.45) is 4.72. The lowest BCUT2D eigenvalue weighted by molar-refractivity contribution is -0.117. The number of carbonyl (C=O) groups is 2. The Hall–Kier alpha value is -1.85. The van der Waals surface area contributed by atoms with Crippen LogP contribution in [0.4, 0.5) is 5.82 Å². The van der Waals surface area contributed by atoms with Gasteiger partial charge in [-0.15, -0.1) is 0 Å². The lowest BCUT2D eigenvalue weighted by atomic mass is 10.0. The molecule has 2 saturated carbocycles. The van der Waals surface area contributed by atoms with E-state index in [1.165, 1.54) is 18.9 Å². The lowest BCUT2D eigenvalue weighted by Gasteiger charge is -2.04. The molecule has 6 nitrogen and oxygen atoms in total. The molecule has 18 heavy (non-hydrogen) atoms. The van der Waals surface area contributed by atoms with Crippen LogP contribution in [0.25, 0.3) is 0 Å². The Morgan fingerprint density at radius 1 is 1.33 bits per heavy atom. The van der Waals surface area contributed by atoms with Gasteiger partial charge in [-0.2, -0.15) is 5.10 Å². The number of H-pyrrole nitrogens is 1. The largest absolute Gasteiger partial charge is 0.477 e. The maximum Gasteiger partial charge on any atom is 0.353 e. The fourth-order valence-corrected chi connectivity index (χ4v) is 3.09. The Bertz CT molecular complexity index is 485. The van der Waals surface area contributed by atoms with Crippen LogP contribution in [0.15, 0.2) is 6.07 Å². The van der Waals surface area contributed by atoms with Gasteiger partial charge in [0.05, 0.1) is 0 Å². The molecule has 0 radical (unpaired) electrons. The summed E-state index contributed by atoms with van der Waals surface area (Å²) in [5, 5.41) is 17.6. The first-order valence-corrected chi connectivity index (χ1v) is 6.26. The van der Waals surface area contributed by atoms with E-state index >= 15 is 0 Å². The molecule has 0 spiro atoms. The van der Waals surface area contributed by atoms with Crippen LogP contribution in [0.5, 0.6) is 0 Å². The highest BCUT2D eigenvalue weighted by molar-refractivity contribution is 5.95. The molecular weight excluding hydrogens is 234 g/mol. The van der Waals surface area contributed by atoms with Crippen molar-refractivity contribution in [3.05, 3.63) is 11.8 Å². The molecule has 3 N–H and O–H groups in total. The fourth-order valence-electron chi connectivity index (χ4n) is 3.09. The first-order chi connectivity index (χ1) is 8.66. The Balaban J connectivity index is 1.62. The van der Waals surface area contributed by atoms with Gasteiger partial charge in [-0.05, 0) is 24.7 Å². The summed E-state index contributed by atoms with van der Waals surface area (Å²) in [5.41, 5.74) is -0.0153. The van der Waals surface area contributed by atoms with Gasteiger partial charge in [0.25, 0.3) is 0 Å². The lowest BCUT2D eigenvalue weighted by Crippen LogP contribution is -2.15. The molecule has 0 aliphatic heterocycles. The number of hydrogen-bond donors (Lipinski definition) is 3. The van der Waals surface area contributed by atoms with Gasteiger partial charge >= 0.3 is 5.97 Å². The van der Waals surface area contributed by atoms with Crippen LogP contribution in [-0.4, -0.2) is 27.2 Å². The second-order valence-corrected chi connectivity index (χ2v) is 5.10. The van der Waals surface area contributed by atoms with Crippen molar-refractivity contribution in [1.82, 2.24) is 10.2 Å². The quantitative estimate of drug-likeness (QED) is 0.756. The molecule has 6 heteroatoms. The van der Waals surface area contributed by atoms with Crippen molar-refractivity contribution in [3.63, 3.8) is 0 Å². The zero-order valence-electron chi connectivity index (χ0n) is 9.85. The topological polar surface area (TPSA) is 95.1 Å². The monoisotopic (exact) mass is 249 g/mol. The van der Waals surface area contributed by atoms with Crippen LogP contribution in [0, 0.1) is 17.8 Å². The van der Waals surface area contributed by atoms with E-state index in [2.05, 4.69) is 15.5 Å². The van der Waals surface area contributed by atoms with Crippen molar-refractivity contribution in [2.75, 3.05) is 5.32 Å². The minimum absolute atomic E-state index is 0.0153. The van der Waals surface area contributed by atoms with E-state index in [-0.39, 0.29) is 17.5 Å². The van der Waals surface area contributed by atoms with Crippen molar-refractivity contribution in [2.45, 2.75) is 25.7 Å². The number of hydrogen-bond acceptors (Lipinski definition) is 3. The van der Waals surface area contributed by atoms with Crippen molar-refractivity contribution in [3.8, 4) is 0 Å². The molecule has 1 aromatic rings. The highest BCUT2D eigenvalue weighted by Crippen LogP contribution is 2.55. The van der Waals surface area contributed by atoms with Gasteiger partial charge < -0.3 is 10.4 Å². The molecule has 1 aromatic heterocycles. The summed E-state index contributed by atoms with van der Waals surface area (Å²) in [6, 6.07) is 1.34. The summed E-state index contributed by atoms with van der Waals surface area (Å²) >= 11 is 0. The zero-order chi connectivity index (χ0) is 12.7. The van der Waals surface area contributed by atoms with Gasteiger partial charge in [0.1, 0.15) is 5.69 Å². The number of aromatic amines is 1. The van der Waals surface area contributed by atoms with E-state index in [1.54, 1.807) is 0 Å². The Morgan fingerprint density at radius 3 is 2.56 bits per heavy atom. The third-order valence-corrected chi connectivity index (χ3v) is 4.02. The molecule has 3 rings (SSSR count). The highest BCUT2D eigenvalue weighted by Gasteiger charge is 2.54. The third kappa shape index (κ3) is 1.87. The second kappa shape index (κ2) is 4.12. The highest BCUT2D eigenvalue weighted by atomic mass is 16.4. The summed E-state index contributed by atoms with van der Waals surface area (Å²) in [5.74, 6) is 0.380. The maximum atomic E-state index is 12.0. The normalized spacial score (nSPS) is 29.4. The second-order valence-electron chi connectivity index (χ2n) is 5.10. The van der Waals surface area contributed by atoms with Crippen molar-refractivity contribution >= 4 is 17.7 Å². The van der Waals surface area contributed by atoms with Crippen molar-refractivity contribution < 1.29 is 14.7 Å². The zero-order valence-corrected chi connectivity index (χ0v) is 9.85. The van der Waals surface area contributed by atoms with Gasteiger partial charge in [-0.3, -0.25) is 9.89 Å². The Labute approximate surface area is 104 Å². The average molecular weight is 249 g/mol. The molecule has 0 aromatic carbocycles. The fraction of sp³-hybridized carbons (Fsp3) is 0.583. The maximum absolute atomic E-state index is 12.0. The predicted molar refractivity (Wildman–Crippen MR) is 63.1 cm³/mol. The van der Waals surface area contributed by atoms with Crippen molar-refractivity contribution in [2.24, 2.45) is 17.8 Å². The molecule has 2 atom stereocenters. The molecule has 1 amide bonds. The molecule has 2 fully saturated rings. The summed E-state index contributed by atoms with van der Waals surface area (Å²) < 4.78 is 0. The molecule has 2 aliphatic carbocycles. The molecule has 0 saturated heterocycles. The number of anilines is 1. The minimum atomic E-state index is -1.08. The van der Waals surface area contributed by atoms with Gasteiger partial charge in [-0.1, -0.05) is 12.8 Å². The van der Waals surface area contributed by atoms with Gasteiger partial charge in [0, 0.05) is 12.0 Å². The number of amides is 1. The minimum Gasteiger partial charge on any atom is -0.477 e. The molecule has 2 aliphatic rings. The summed E-state index contributed by atoms with van der Waals surface area (Å²) in [4.78, 5) is 22.7. The Kier molecular flexibility index (Phi) is 2.57. The van der Waals surface area contributed by atoms with Gasteiger partial charge in [-0.25, -0.2) is 4.79 Å². The van der Waals surface area contributed by atoms with Crippen LogP contribution < -0.4 is 5.32 Å². The third-order valence-electron chi connectivity index (χ3n) is 4.02. The number of fused-ring (bicyclic) bond motifs is 1. The molecule has 1 heterocycles. The van der Waals surface area contributed by atoms with E-state index in [9.17, 15) is 9.59 Å². The number of nitrogens with zero attached hydrogens (tertiary/aromatic N) is 1.